The minimum absolute atomic E-state index is 0.0910. The molecule has 2 amide bonds. The van der Waals surface area contributed by atoms with Gasteiger partial charge < -0.3 is 15.0 Å². The van der Waals surface area contributed by atoms with Gasteiger partial charge in [-0.15, -0.1) is 0 Å². The molecule has 1 aliphatic rings. The summed E-state index contributed by atoms with van der Waals surface area (Å²) in [5, 5.41) is 2.78. The summed E-state index contributed by atoms with van der Waals surface area (Å²) in [6.45, 7) is 3.01. The van der Waals surface area contributed by atoms with E-state index in [2.05, 4.69) is 10.0 Å². The van der Waals surface area contributed by atoms with Gasteiger partial charge in [0.25, 0.3) is 0 Å². The lowest BCUT2D eigenvalue weighted by Gasteiger charge is -2.17. The Morgan fingerprint density at radius 2 is 1.94 bits per heavy atom. The third kappa shape index (κ3) is 5.90. The molecule has 0 bridgehead atoms. The van der Waals surface area contributed by atoms with Crippen molar-refractivity contribution in [1.29, 1.82) is 0 Å². The van der Waals surface area contributed by atoms with Crippen LogP contribution in [-0.2, 0) is 24.3 Å². The van der Waals surface area contributed by atoms with E-state index in [1.807, 2.05) is 31.2 Å². The number of rotatable bonds is 9. The second-order valence-electron chi connectivity index (χ2n) is 7.50. The van der Waals surface area contributed by atoms with E-state index in [1.165, 1.54) is 24.3 Å². The fourth-order valence-corrected chi connectivity index (χ4v) is 4.47. The van der Waals surface area contributed by atoms with Crippen molar-refractivity contribution < 1.29 is 22.7 Å². The van der Waals surface area contributed by atoms with Crippen molar-refractivity contribution in [3.8, 4) is 0 Å². The lowest BCUT2D eigenvalue weighted by atomic mass is 10.1. The van der Waals surface area contributed by atoms with Crippen LogP contribution < -0.4 is 14.9 Å². The van der Waals surface area contributed by atoms with E-state index in [0.717, 1.165) is 11.3 Å². The van der Waals surface area contributed by atoms with E-state index >= 15 is 0 Å². The van der Waals surface area contributed by atoms with Gasteiger partial charge in [-0.1, -0.05) is 12.1 Å². The number of amides is 2. The Bertz CT molecular complexity index is 1040. The normalized spacial score (nSPS) is 16.5. The first-order valence-electron chi connectivity index (χ1n) is 10.1. The summed E-state index contributed by atoms with van der Waals surface area (Å²) in [5.41, 5.74) is 2.30. The Kier molecular flexibility index (Phi) is 7.42. The van der Waals surface area contributed by atoms with Crippen LogP contribution in [0.4, 0.5) is 11.4 Å². The maximum Gasteiger partial charge on any atom is 0.240 e. The van der Waals surface area contributed by atoms with E-state index < -0.39 is 15.9 Å². The molecule has 0 radical (unpaired) electrons. The third-order valence-electron chi connectivity index (χ3n) is 5.06. The second kappa shape index (κ2) is 10.0. The molecule has 1 saturated heterocycles. The molecule has 2 aromatic rings. The molecule has 3 rings (SSSR count). The lowest BCUT2D eigenvalue weighted by molar-refractivity contribution is -0.122. The molecule has 0 aromatic heterocycles. The highest BCUT2D eigenvalue weighted by atomic mass is 32.2. The van der Waals surface area contributed by atoms with Crippen LogP contribution in [0.15, 0.2) is 53.4 Å². The first-order chi connectivity index (χ1) is 14.8. The van der Waals surface area contributed by atoms with Crippen molar-refractivity contribution in [1.82, 2.24) is 4.72 Å². The Labute approximate surface area is 182 Å². The van der Waals surface area contributed by atoms with Gasteiger partial charge in [0.2, 0.25) is 21.8 Å². The lowest BCUT2D eigenvalue weighted by Crippen LogP contribution is -2.28. The maximum atomic E-state index is 12.7. The Hall–Kier alpha value is -2.75. The number of nitrogens with zero attached hydrogens (tertiary/aromatic N) is 1. The van der Waals surface area contributed by atoms with Gasteiger partial charge in [-0.25, -0.2) is 13.1 Å². The molecule has 1 heterocycles. The van der Waals surface area contributed by atoms with Gasteiger partial charge in [0.05, 0.1) is 10.8 Å². The van der Waals surface area contributed by atoms with Gasteiger partial charge in [-0.2, -0.15) is 0 Å². The van der Waals surface area contributed by atoms with Gasteiger partial charge in [0.1, 0.15) is 0 Å². The summed E-state index contributed by atoms with van der Waals surface area (Å²) >= 11 is 0. The van der Waals surface area contributed by atoms with Gasteiger partial charge in [0, 0.05) is 44.6 Å². The number of carbonyl (C=O) groups is 2. The van der Waals surface area contributed by atoms with Crippen LogP contribution in [-0.4, -0.2) is 47.0 Å². The Morgan fingerprint density at radius 3 is 2.61 bits per heavy atom. The molecule has 9 heteroatoms. The summed E-state index contributed by atoms with van der Waals surface area (Å²) < 4.78 is 32.0. The van der Waals surface area contributed by atoms with Crippen LogP contribution in [0.25, 0.3) is 0 Å². The molecule has 31 heavy (non-hydrogen) atoms. The van der Waals surface area contributed by atoms with E-state index in [9.17, 15) is 18.0 Å². The molecule has 2 N–H and O–H groups in total. The van der Waals surface area contributed by atoms with Gasteiger partial charge >= 0.3 is 0 Å². The molecule has 1 aliphatic heterocycles. The first-order valence-corrected chi connectivity index (χ1v) is 11.5. The van der Waals surface area contributed by atoms with E-state index in [4.69, 9.17) is 4.74 Å². The number of nitrogens with one attached hydrogen (secondary N) is 2. The summed E-state index contributed by atoms with van der Waals surface area (Å²) in [5.74, 6) is -0.831. The van der Waals surface area contributed by atoms with Crippen LogP contribution in [0.2, 0.25) is 0 Å². The quantitative estimate of drug-likeness (QED) is 0.577. The molecule has 0 aliphatic carbocycles. The molecule has 8 nitrogen and oxygen atoms in total. The van der Waals surface area contributed by atoms with Gasteiger partial charge in [0.15, 0.2) is 0 Å². The zero-order valence-electron chi connectivity index (χ0n) is 17.6. The predicted octanol–water partition coefficient (Wildman–Crippen LogP) is 2.30. The highest BCUT2D eigenvalue weighted by Crippen LogP contribution is 2.27. The molecule has 0 spiro atoms. The van der Waals surface area contributed by atoms with Crippen molar-refractivity contribution in [3.63, 3.8) is 0 Å². The van der Waals surface area contributed by atoms with Crippen LogP contribution >= 0.6 is 0 Å². The van der Waals surface area contributed by atoms with Gasteiger partial charge in [-0.3, -0.25) is 9.59 Å². The van der Waals surface area contributed by atoms with Crippen molar-refractivity contribution in [2.45, 2.75) is 24.7 Å². The number of hydrogen-bond acceptors (Lipinski definition) is 5. The van der Waals surface area contributed by atoms with Crippen molar-refractivity contribution >= 4 is 33.2 Å². The molecule has 0 saturated carbocycles. The van der Waals surface area contributed by atoms with E-state index in [1.54, 1.807) is 12.0 Å². The topological polar surface area (TPSA) is 105 Å². The molecule has 1 fully saturated rings. The largest absolute Gasteiger partial charge is 0.385 e. The van der Waals surface area contributed by atoms with Crippen LogP contribution in [0.1, 0.15) is 18.4 Å². The van der Waals surface area contributed by atoms with Crippen molar-refractivity contribution in [2.24, 2.45) is 5.92 Å². The maximum absolute atomic E-state index is 12.7. The fourth-order valence-electron chi connectivity index (χ4n) is 3.40. The summed E-state index contributed by atoms with van der Waals surface area (Å²) in [6, 6.07) is 13.6. The number of sulfonamides is 1. The number of benzene rings is 2. The minimum Gasteiger partial charge on any atom is -0.385 e. The zero-order chi connectivity index (χ0) is 22.4. The number of hydrogen-bond donors (Lipinski definition) is 2. The molecular formula is C22H27N3O5S. The number of methoxy groups -OCH3 is 1. The molecule has 1 atom stereocenters. The number of carbonyl (C=O) groups excluding carboxylic acids is 2. The molecule has 2 aromatic carbocycles. The fraction of sp³-hybridized carbons (Fsp3) is 0.364. The molecular weight excluding hydrogens is 418 g/mol. The average molecular weight is 446 g/mol. The summed E-state index contributed by atoms with van der Waals surface area (Å²) in [4.78, 5) is 26.8. The van der Waals surface area contributed by atoms with Gasteiger partial charge in [-0.05, 0) is 55.3 Å². The van der Waals surface area contributed by atoms with Crippen LogP contribution in [0, 0.1) is 12.8 Å². The summed E-state index contributed by atoms with van der Waals surface area (Å²) in [7, 11) is -2.06. The molecule has 1 unspecified atom stereocenters. The van der Waals surface area contributed by atoms with Crippen molar-refractivity contribution in [3.05, 3.63) is 54.1 Å². The minimum atomic E-state index is -3.62. The van der Waals surface area contributed by atoms with Crippen LogP contribution in [0.5, 0.6) is 0 Å². The molecule has 166 valence electrons. The van der Waals surface area contributed by atoms with E-state index in [0.29, 0.717) is 25.3 Å². The predicted molar refractivity (Wildman–Crippen MR) is 118 cm³/mol. The summed E-state index contributed by atoms with van der Waals surface area (Å²) in [6.07, 6.45) is 0.710. The first kappa shape index (κ1) is 22.9. The van der Waals surface area contributed by atoms with E-state index in [-0.39, 0.29) is 29.7 Å². The zero-order valence-corrected chi connectivity index (χ0v) is 18.4. The van der Waals surface area contributed by atoms with Crippen molar-refractivity contribution in [2.75, 3.05) is 37.0 Å². The second-order valence-corrected chi connectivity index (χ2v) is 9.27. The monoisotopic (exact) mass is 445 g/mol. The standard InChI is InChI=1S/C22H27N3O5S/c1-16-5-3-6-19(13-16)25-15-17(14-21(25)26)22(27)24-18-7-9-20(10-8-18)31(28,29)23-11-4-12-30-2/h3,5-10,13,17,23H,4,11-12,14-15H2,1-2H3,(H,24,27). The average Bonchev–Trinajstić information content (AvgIpc) is 3.13. The SMILES string of the molecule is COCCCNS(=O)(=O)c1ccc(NC(=O)C2CC(=O)N(c3cccc(C)c3)C2)cc1. The smallest absolute Gasteiger partial charge is 0.240 e. The Balaban J connectivity index is 1.59. The number of ether oxygens (including phenoxy) is 1. The van der Waals surface area contributed by atoms with Crippen LogP contribution in [0.3, 0.4) is 0 Å². The number of aryl methyl sites for hydroxylation is 1. The Morgan fingerprint density at radius 1 is 1.19 bits per heavy atom. The highest BCUT2D eigenvalue weighted by Gasteiger charge is 2.35. The highest BCUT2D eigenvalue weighted by molar-refractivity contribution is 7.89. The number of anilines is 2. The third-order valence-corrected chi connectivity index (χ3v) is 6.54.